The topological polar surface area (TPSA) is 112 Å². The molecule has 0 aliphatic heterocycles. The van der Waals surface area contributed by atoms with Crippen molar-refractivity contribution in [3.8, 4) is 0 Å². The molecule has 0 atom stereocenters. The van der Waals surface area contributed by atoms with Crippen LogP contribution in [0.4, 0.5) is 0 Å². The summed E-state index contributed by atoms with van der Waals surface area (Å²) in [6.45, 7) is 28.0. The molecule has 0 spiro atoms. The van der Waals surface area contributed by atoms with Crippen LogP contribution in [-0.4, -0.2) is 58.4 Å². The second-order valence-corrected chi connectivity index (χ2v) is 12.8. The van der Waals surface area contributed by atoms with E-state index in [1.807, 2.05) is 34.7 Å². The van der Waals surface area contributed by atoms with Crippen molar-refractivity contribution >= 4 is 28.1 Å². The Morgan fingerprint density at radius 3 is 1.15 bits per heavy atom. The molecule has 0 radical (unpaired) electrons. The van der Waals surface area contributed by atoms with Crippen molar-refractivity contribution in [3.05, 3.63) is 5.82 Å². The van der Waals surface area contributed by atoms with Crippen LogP contribution < -0.4 is 0 Å². The second-order valence-electron chi connectivity index (χ2n) is 10.2. The summed E-state index contributed by atoms with van der Waals surface area (Å²) in [5, 5.41) is 10.8. The standard InChI is InChI=1S/C5H13B.C5H10N4.2C5H10O.C4H10O2S/c1-5(2)6(3)4;1-4(2)5-6-7-8-9(5)3;2*1-4(2)5(3)6;1-4(2)7(3,5)6/h5H,1-4H3;4H,1-3H3;2*4H,1-3H3;4H,1-3H3. The van der Waals surface area contributed by atoms with Gasteiger partial charge >= 0.3 is 0 Å². The van der Waals surface area contributed by atoms with Gasteiger partial charge in [-0.25, -0.2) is 13.1 Å². The fourth-order valence-electron chi connectivity index (χ4n) is 0.726. The van der Waals surface area contributed by atoms with E-state index in [-0.39, 0.29) is 28.7 Å². The summed E-state index contributed by atoms with van der Waals surface area (Å²) >= 11 is 0. The summed E-state index contributed by atoms with van der Waals surface area (Å²) in [5.74, 6) is 3.13. The van der Waals surface area contributed by atoms with Gasteiger partial charge in [-0.05, 0) is 38.1 Å². The second kappa shape index (κ2) is 20.8. The number of nitrogens with zero attached hydrogens (tertiary/aromatic N) is 4. The molecule has 0 amide bonds. The Labute approximate surface area is 211 Å². The number of aromatic nitrogens is 4. The van der Waals surface area contributed by atoms with Crippen molar-refractivity contribution < 1.29 is 18.0 Å². The molecule has 34 heavy (non-hydrogen) atoms. The minimum atomic E-state index is -2.74. The molecule has 0 N–H and O–H groups in total. The highest BCUT2D eigenvalue weighted by Crippen LogP contribution is 2.06. The summed E-state index contributed by atoms with van der Waals surface area (Å²) in [4.78, 5) is 20.3. The maximum atomic E-state index is 10.3. The molecule has 0 fully saturated rings. The van der Waals surface area contributed by atoms with E-state index in [2.05, 4.69) is 56.9 Å². The zero-order valence-electron chi connectivity index (χ0n) is 24.8. The smallest absolute Gasteiger partial charge is 0.153 e. The molecule has 0 aliphatic carbocycles. The van der Waals surface area contributed by atoms with E-state index in [1.54, 1.807) is 32.4 Å². The third kappa shape index (κ3) is 28.5. The molecule has 0 saturated heterocycles. The number of sulfone groups is 1. The monoisotopic (exact) mass is 504 g/mol. The van der Waals surface area contributed by atoms with Crippen LogP contribution in [0.25, 0.3) is 0 Å². The van der Waals surface area contributed by atoms with Crippen LogP contribution in [0.15, 0.2) is 0 Å². The van der Waals surface area contributed by atoms with Crippen molar-refractivity contribution in [1.29, 1.82) is 0 Å². The number of ketones is 2. The van der Waals surface area contributed by atoms with Crippen LogP contribution >= 0.6 is 0 Å². The molecule has 1 aromatic heterocycles. The molecular formula is C24H53BN4O4S. The Kier molecular flexibility index (Phi) is 24.2. The molecule has 0 saturated carbocycles. The quantitative estimate of drug-likeness (QED) is 0.494. The van der Waals surface area contributed by atoms with E-state index in [1.165, 1.54) is 6.26 Å². The van der Waals surface area contributed by atoms with Gasteiger partial charge in [-0.3, -0.25) is 9.59 Å². The molecule has 1 rings (SSSR count). The van der Waals surface area contributed by atoms with Crippen molar-refractivity contribution in [2.45, 2.75) is 114 Å². The molecule has 1 heterocycles. The SMILES string of the molecule is CB(C)C(C)C.CC(=O)C(C)C.CC(=O)C(C)C.CC(C)S(C)(=O)=O.CC(C)c1nnnn1C. The first-order valence-corrected chi connectivity index (χ1v) is 14.0. The van der Waals surface area contributed by atoms with Crippen LogP contribution in [0.2, 0.25) is 19.5 Å². The Bertz CT molecular complexity index is 733. The third-order valence-corrected chi connectivity index (χ3v) is 6.70. The summed E-state index contributed by atoms with van der Waals surface area (Å²) in [7, 11) is -0.898. The lowest BCUT2D eigenvalue weighted by molar-refractivity contribution is -0.120. The highest BCUT2D eigenvalue weighted by molar-refractivity contribution is 7.91. The predicted octanol–water partition coefficient (Wildman–Crippen LogP) is 5.39. The predicted molar refractivity (Wildman–Crippen MR) is 146 cm³/mol. The van der Waals surface area contributed by atoms with Crippen molar-refractivity contribution in [2.75, 3.05) is 6.26 Å². The van der Waals surface area contributed by atoms with Crippen molar-refractivity contribution in [3.63, 3.8) is 0 Å². The molecule has 1 aromatic rings. The minimum Gasteiger partial charge on any atom is -0.300 e. The van der Waals surface area contributed by atoms with Crippen LogP contribution in [-0.2, 0) is 26.5 Å². The van der Waals surface area contributed by atoms with E-state index < -0.39 is 9.84 Å². The highest BCUT2D eigenvalue weighted by atomic mass is 32.2. The van der Waals surface area contributed by atoms with Gasteiger partial charge in [0.25, 0.3) is 0 Å². The first-order valence-electron chi connectivity index (χ1n) is 12.0. The fraction of sp³-hybridized carbons (Fsp3) is 0.875. The van der Waals surface area contributed by atoms with Gasteiger partial charge in [0.15, 0.2) is 5.82 Å². The number of aryl methyl sites for hydroxylation is 1. The highest BCUT2D eigenvalue weighted by Gasteiger charge is 2.06. The fourth-order valence-corrected chi connectivity index (χ4v) is 0.726. The van der Waals surface area contributed by atoms with Gasteiger partial charge in [-0.2, -0.15) is 0 Å². The molecule has 0 bridgehead atoms. The zero-order valence-corrected chi connectivity index (χ0v) is 25.6. The molecule has 202 valence electrons. The number of hydrogen-bond donors (Lipinski definition) is 0. The third-order valence-electron chi connectivity index (χ3n) is 4.99. The summed E-state index contributed by atoms with van der Waals surface area (Å²) in [5.41, 5.74) is 0. The molecule has 0 aliphatic rings. The van der Waals surface area contributed by atoms with Crippen molar-refractivity contribution in [2.24, 2.45) is 18.9 Å². The van der Waals surface area contributed by atoms with Crippen LogP contribution in [0.1, 0.15) is 94.8 Å². The van der Waals surface area contributed by atoms with Crippen LogP contribution in [0.3, 0.4) is 0 Å². The zero-order chi connectivity index (χ0) is 28.4. The number of carbonyl (C=O) groups excluding carboxylic acids is 2. The lowest BCUT2D eigenvalue weighted by Gasteiger charge is -2.01. The maximum Gasteiger partial charge on any atom is 0.153 e. The molecule has 0 unspecified atom stereocenters. The lowest BCUT2D eigenvalue weighted by Crippen LogP contribution is -2.10. The average Bonchev–Trinajstić information content (AvgIpc) is 3.09. The Morgan fingerprint density at radius 2 is 1.09 bits per heavy atom. The number of carbonyl (C=O) groups is 2. The van der Waals surface area contributed by atoms with E-state index >= 15 is 0 Å². The molecule has 10 heteroatoms. The first kappa shape index (κ1) is 39.6. The maximum absolute atomic E-state index is 10.3. The minimum absolute atomic E-state index is 0.213. The van der Waals surface area contributed by atoms with E-state index in [9.17, 15) is 18.0 Å². The Morgan fingerprint density at radius 1 is 0.824 bits per heavy atom. The van der Waals surface area contributed by atoms with Gasteiger partial charge in [-0.1, -0.05) is 74.9 Å². The number of Topliss-reactive ketones (excluding diaryl/α,β-unsaturated/α-hetero) is 2. The van der Waals surface area contributed by atoms with E-state index in [0.29, 0.717) is 5.92 Å². The van der Waals surface area contributed by atoms with Crippen LogP contribution in [0.5, 0.6) is 0 Å². The van der Waals surface area contributed by atoms with Gasteiger partial charge in [0.2, 0.25) is 0 Å². The van der Waals surface area contributed by atoms with E-state index in [0.717, 1.165) is 18.4 Å². The normalized spacial score (nSPS) is 10.4. The number of tetrazole rings is 1. The molecule has 0 aromatic carbocycles. The van der Waals surface area contributed by atoms with Gasteiger partial charge in [0.05, 0.1) is 5.25 Å². The van der Waals surface area contributed by atoms with Gasteiger partial charge in [0.1, 0.15) is 28.1 Å². The molecular weight excluding hydrogens is 451 g/mol. The van der Waals surface area contributed by atoms with Gasteiger partial charge in [-0.15, -0.1) is 5.10 Å². The molecule has 8 nitrogen and oxygen atoms in total. The lowest BCUT2D eigenvalue weighted by atomic mass is 9.46. The average molecular weight is 505 g/mol. The van der Waals surface area contributed by atoms with Crippen LogP contribution in [0, 0.1) is 11.8 Å². The summed E-state index contributed by atoms with van der Waals surface area (Å²) in [6, 6.07) is 0. The van der Waals surface area contributed by atoms with Crippen molar-refractivity contribution in [1.82, 2.24) is 20.2 Å². The number of hydrogen-bond acceptors (Lipinski definition) is 7. The summed E-state index contributed by atoms with van der Waals surface area (Å²) in [6.07, 6.45) is 1.23. The largest absolute Gasteiger partial charge is 0.300 e. The Balaban J connectivity index is -0.000000168. The number of rotatable bonds is 5. The summed E-state index contributed by atoms with van der Waals surface area (Å²) < 4.78 is 22.3. The van der Waals surface area contributed by atoms with E-state index in [4.69, 9.17) is 0 Å². The Hall–Kier alpha value is -1.58. The van der Waals surface area contributed by atoms with Gasteiger partial charge in [0, 0.05) is 31.1 Å². The van der Waals surface area contributed by atoms with Gasteiger partial charge < -0.3 is 0 Å². The first-order chi connectivity index (χ1) is 15.1.